The van der Waals surface area contributed by atoms with Crippen molar-refractivity contribution in [2.45, 2.75) is 12.5 Å². The van der Waals surface area contributed by atoms with Gasteiger partial charge in [-0.3, -0.25) is 4.79 Å². The number of fused-ring (bicyclic) bond motifs is 2. The number of carbonyl (C=O) groups excluding carboxylic acids is 1. The van der Waals surface area contributed by atoms with Gasteiger partial charge in [0.2, 0.25) is 0 Å². The molecule has 1 amide bonds. The van der Waals surface area contributed by atoms with Crippen molar-refractivity contribution in [1.82, 2.24) is 10.2 Å². The highest BCUT2D eigenvalue weighted by Gasteiger charge is 2.35. The molecule has 86 valence electrons. The Morgan fingerprint density at radius 3 is 3.06 bits per heavy atom. The van der Waals surface area contributed by atoms with Gasteiger partial charge in [-0.25, -0.2) is 0 Å². The molecule has 0 saturated carbocycles. The maximum absolute atomic E-state index is 12.1. The van der Waals surface area contributed by atoms with Gasteiger partial charge in [0.05, 0.1) is 0 Å². The molecule has 4 nitrogen and oxygen atoms in total. The van der Waals surface area contributed by atoms with Gasteiger partial charge in [0.15, 0.2) is 10.4 Å². The van der Waals surface area contributed by atoms with Crippen molar-refractivity contribution in [3.63, 3.8) is 0 Å². The van der Waals surface area contributed by atoms with E-state index in [1.165, 1.54) is 6.42 Å². The maximum atomic E-state index is 12.1. The first-order chi connectivity index (χ1) is 7.72. The van der Waals surface area contributed by atoms with Crippen LogP contribution >= 0.6 is 15.9 Å². The Hall–Kier alpha value is -0.810. The normalized spacial score (nSPS) is 28.4. The Kier molecular flexibility index (Phi) is 2.52. The summed E-state index contributed by atoms with van der Waals surface area (Å²) in [6.45, 7) is 2.69. The summed E-state index contributed by atoms with van der Waals surface area (Å²) in [5.41, 5.74) is 0. The number of nitrogens with zero attached hydrogens (tertiary/aromatic N) is 1. The van der Waals surface area contributed by atoms with Crippen molar-refractivity contribution in [2.75, 3.05) is 19.6 Å². The average Bonchev–Trinajstić information content (AvgIpc) is 2.84. The lowest BCUT2D eigenvalue weighted by Crippen LogP contribution is -2.44. The number of piperidine rings is 1. The van der Waals surface area contributed by atoms with Crippen LogP contribution in [0.4, 0.5) is 0 Å². The van der Waals surface area contributed by atoms with E-state index in [0.29, 0.717) is 22.4 Å². The third-order valence-electron chi connectivity index (χ3n) is 3.30. The minimum atomic E-state index is 0.00380. The van der Waals surface area contributed by atoms with Crippen molar-refractivity contribution in [3.8, 4) is 0 Å². The smallest absolute Gasteiger partial charge is 0.289 e. The van der Waals surface area contributed by atoms with Crippen LogP contribution in [0.1, 0.15) is 17.0 Å². The molecule has 3 rings (SSSR count). The fourth-order valence-electron chi connectivity index (χ4n) is 2.58. The molecule has 1 aromatic heterocycles. The Bertz CT molecular complexity index is 406. The number of hydrogen-bond acceptors (Lipinski definition) is 3. The SMILES string of the molecule is O=C(c1ccc(Br)o1)N1C[C@@H]2CN[C@H](C2)C1. The number of furan rings is 1. The van der Waals surface area contributed by atoms with Crippen molar-refractivity contribution >= 4 is 21.8 Å². The quantitative estimate of drug-likeness (QED) is 0.850. The summed E-state index contributed by atoms with van der Waals surface area (Å²) < 4.78 is 5.90. The fraction of sp³-hybridized carbons (Fsp3) is 0.545. The first-order valence-corrected chi connectivity index (χ1v) is 6.29. The molecule has 0 spiro atoms. The van der Waals surface area contributed by atoms with Crippen LogP contribution in [0.15, 0.2) is 21.2 Å². The molecule has 2 bridgehead atoms. The maximum Gasteiger partial charge on any atom is 0.289 e. The highest BCUT2D eigenvalue weighted by atomic mass is 79.9. The van der Waals surface area contributed by atoms with E-state index in [4.69, 9.17) is 4.42 Å². The summed E-state index contributed by atoms with van der Waals surface area (Å²) in [6.07, 6.45) is 1.20. The molecule has 5 heteroatoms. The van der Waals surface area contributed by atoms with Gasteiger partial charge in [-0.2, -0.15) is 0 Å². The molecule has 16 heavy (non-hydrogen) atoms. The second-order valence-electron chi connectivity index (χ2n) is 4.52. The van der Waals surface area contributed by atoms with Gasteiger partial charge in [0.1, 0.15) is 0 Å². The predicted molar refractivity (Wildman–Crippen MR) is 62.2 cm³/mol. The number of likely N-dealkylation sites (tertiary alicyclic amines) is 1. The summed E-state index contributed by atoms with van der Waals surface area (Å²) >= 11 is 3.21. The molecule has 0 aliphatic carbocycles. The molecule has 2 saturated heterocycles. The zero-order valence-electron chi connectivity index (χ0n) is 8.78. The Morgan fingerprint density at radius 2 is 2.38 bits per heavy atom. The molecule has 1 aromatic rings. The van der Waals surface area contributed by atoms with Gasteiger partial charge < -0.3 is 14.6 Å². The minimum Gasteiger partial charge on any atom is -0.444 e. The van der Waals surface area contributed by atoms with E-state index in [1.54, 1.807) is 12.1 Å². The summed E-state index contributed by atoms with van der Waals surface area (Å²) in [7, 11) is 0. The van der Waals surface area contributed by atoms with Gasteiger partial charge in [0.25, 0.3) is 5.91 Å². The molecule has 0 radical (unpaired) electrons. The van der Waals surface area contributed by atoms with E-state index >= 15 is 0 Å². The largest absolute Gasteiger partial charge is 0.444 e. The second kappa shape index (κ2) is 3.89. The van der Waals surface area contributed by atoms with Gasteiger partial charge in [-0.15, -0.1) is 0 Å². The second-order valence-corrected chi connectivity index (χ2v) is 5.30. The number of nitrogens with one attached hydrogen (secondary N) is 1. The monoisotopic (exact) mass is 284 g/mol. The van der Waals surface area contributed by atoms with Crippen molar-refractivity contribution < 1.29 is 9.21 Å². The standard InChI is InChI=1S/C11H13BrN2O2/c12-10-2-1-9(16-10)11(15)14-5-7-3-8(6-14)13-4-7/h1-2,7-8,13H,3-6H2/t7-,8+/m0/s1. The fourth-order valence-corrected chi connectivity index (χ4v) is 2.89. The van der Waals surface area contributed by atoms with Crippen LogP contribution < -0.4 is 5.32 Å². The van der Waals surface area contributed by atoms with E-state index in [1.807, 2.05) is 4.90 Å². The molecule has 2 atom stereocenters. The topological polar surface area (TPSA) is 45.5 Å². The molecular formula is C11H13BrN2O2. The number of halogens is 1. The Labute approximate surface area is 102 Å². The van der Waals surface area contributed by atoms with Crippen LogP contribution in [0.5, 0.6) is 0 Å². The lowest BCUT2D eigenvalue weighted by atomic mass is 10.00. The zero-order chi connectivity index (χ0) is 11.1. The first-order valence-electron chi connectivity index (χ1n) is 5.50. The molecule has 0 aromatic carbocycles. The van der Waals surface area contributed by atoms with E-state index < -0.39 is 0 Å². The minimum absolute atomic E-state index is 0.00380. The van der Waals surface area contributed by atoms with Crippen LogP contribution in [-0.2, 0) is 0 Å². The lowest BCUT2D eigenvalue weighted by molar-refractivity contribution is 0.0658. The summed E-state index contributed by atoms with van der Waals surface area (Å²) in [5, 5.41) is 3.43. The van der Waals surface area contributed by atoms with Crippen LogP contribution in [0.2, 0.25) is 0 Å². The molecule has 2 aliphatic rings. The third kappa shape index (κ3) is 1.78. The summed E-state index contributed by atoms with van der Waals surface area (Å²) in [4.78, 5) is 14.0. The number of hydrogen-bond donors (Lipinski definition) is 1. The third-order valence-corrected chi connectivity index (χ3v) is 3.73. The molecular weight excluding hydrogens is 272 g/mol. The molecule has 2 aliphatic heterocycles. The van der Waals surface area contributed by atoms with Gasteiger partial charge >= 0.3 is 0 Å². The highest BCUT2D eigenvalue weighted by Crippen LogP contribution is 2.24. The molecule has 2 fully saturated rings. The summed E-state index contributed by atoms with van der Waals surface area (Å²) in [6, 6.07) is 3.95. The van der Waals surface area contributed by atoms with Crippen LogP contribution in [-0.4, -0.2) is 36.5 Å². The van der Waals surface area contributed by atoms with E-state index in [-0.39, 0.29) is 5.91 Å². The van der Waals surface area contributed by atoms with Crippen LogP contribution in [0.3, 0.4) is 0 Å². The number of rotatable bonds is 1. The molecule has 0 unspecified atom stereocenters. The predicted octanol–water partition coefficient (Wildman–Crippen LogP) is 1.48. The number of carbonyl (C=O) groups is 1. The zero-order valence-corrected chi connectivity index (χ0v) is 10.4. The van der Waals surface area contributed by atoms with Crippen molar-refractivity contribution in [2.24, 2.45) is 5.92 Å². The molecule has 1 N–H and O–H groups in total. The van der Waals surface area contributed by atoms with Crippen LogP contribution in [0, 0.1) is 5.92 Å². The van der Waals surface area contributed by atoms with Crippen LogP contribution in [0.25, 0.3) is 0 Å². The van der Waals surface area contributed by atoms with Crippen molar-refractivity contribution in [1.29, 1.82) is 0 Å². The van der Waals surface area contributed by atoms with E-state index in [9.17, 15) is 4.79 Å². The Balaban J connectivity index is 1.76. The first kappa shape index (κ1) is 10.4. The van der Waals surface area contributed by atoms with Gasteiger partial charge in [0, 0.05) is 25.7 Å². The Morgan fingerprint density at radius 1 is 1.50 bits per heavy atom. The van der Waals surface area contributed by atoms with E-state index in [0.717, 1.165) is 19.6 Å². The lowest BCUT2D eigenvalue weighted by Gasteiger charge is -2.30. The van der Waals surface area contributed by atoms with E-state index in [2.05, 4.69) is 21.2 Å². The van der Waals surface area contributed by atoms with Gasteiger partial charge in [-0.05, 0) is 40.4 Å². The average molecular weight is 285 g/mol. The van der Waals surface area contributed by atoms with Crippen molar-refractivity contribution in [3.05, 3.63) is 22.6 Å². The van der Waals surface area contributed by atoms with Gasteiger partial charge in [-0.1, -0.05) is 0 Å². The highest BCUT2D eigenvalue weighted by molar-refractivity contribution is 9.10. The summed E-state index contributed by atoms with van der Waals surface area (Å²) in [5.74, 6) is 1.04. The number of amides is 1. The molecule has 3 heterocycles.